The van der Waals surface area contributed by atoms with Gasteiger partial charge in [-0.3, -0.25) is 0 Å². The number of fused-ring (bicyclic) bond motifs is 1. The van der Waals surface area contributed by atoms with Gasteiger partial charge in [-0.25, -0.2) is 9.78 Å². The summed E-state index contributed by atoms with van der Waals surface area (Å²) in [5.74, 6) is -1.23. The number of aromatic nitrogens is 1. The summed E-state index contributed by atoms with van der Waals surface area (Å²) in [5, 5.41) is 9.53. The molecule has 0 amide bonds. The molecule has 0 saturated heterocycles. The fourth-order valence-electron chi connectivity index (χ4n) is 1.15. The van der Waals surface area contributed by atoms with E-state index in [-0.39, 0.29) is 17.0 Å². The van der Waals surface area contributed by atoms with Gasteiger partial charge in [0.25, 0.3) is 5.76 Å². The van der Waals surface area contributed by atoms with E-state index in [4.69, 9.17) is 4.42 Å². The van der Waals surface area contributed by atoms with Crippen molar-refractivity contribution in [2.75, 3.05) is 7.11 Å². The van der Waals surface area contributed by atoms with Crippen molar-refractivity contribution in [1.29, 1.82) is 0 Å². The van der Waals surface area contributed by atoms with E-state index in [2.05, 4.69) is 9.72 Å². The topological polar surface area (TPSA) is 72.6 Å². The Hall–Kier alpha value is -2.04. The maximum absolute atomic E-state index is 11.1. The molecule has 0 saturated carbocycles. The van der Waals surface area contributed by atoms with Gasteiger partial charge in [-0.2, -0.15) is 0 Å². The molecule has 5 nitrogen and oxygen atoms in total. The fourth-order valence-corrected chi connectivity index (χ4v) is 1.15. The summed E-state index contributed by atoms with van der Waals surface area (Å²) in [5.41, 5.74) is 0.610. The normalized spacial score (nSPS) is 10.4. The first-order chi connectivity index (χ1) is 6.74. The van der Waals surface area contributed by atoms with Crippen LogP contribution in [0.15, 0.2) is 22.7 Å². The second-order valence-corrected chi connectivity index (χ2v) is 2.62. The third-order valence-electron chi connectivity index (χ3n) is 1.79. The molecular weight excluding hydrogens is 186 g/mol. The molecule has 2 rings (SSSR count). The minimum atomic E-state index is -0.722. The van der Waals surface area contributed by atoms with Gasteiger partial charge in [0.05, 0.1) is 7.11 Å². The molecule has 0 aliphatic carbocycles. The van der Waals surface area contributed by atoms with E-state index in [1.165, 1.54) is 13.3 Å². The summed E-state index contributed by atoms with van der Waals surface area (Å²) in [7, 11) is 1.21. The smallest absolute Gasteiger partial charge is 0.378 e. The van der Waals surface area contributed by atoms with E-state index < -0.39 is 5.97 Å². The molecule has 0 atom stereocenters. The van der Waals surface area contributed by atoms with Gasteiger partial charge in [0.2, 0.25) is 0 Å². The van der Waals surface area contributed by atoms with E-state index in [9.17, 15) is 9.90 Å². The Kier molecular flexibility index (Phi) is 1.85. The number of pyridine rings is 1. The molecule has 2 aromatic rings. The standard InChI is InChI=1S/C9H7NO4/c1-13-9(12)8-7(11)6-5(14-8)3-2-4-10-6/h2-4,11H,1H3. The minimum absolute atomic E-state index is 0.221. The van der Waals surface area contributed by atoms with Gasteiger partial charge in [-0.15, -0.1) is 0 Å². The molecule has 2 heterocycles. The minimum Gasteiger partial charge on any atom is -0.502 e. The SMILES string of the molecule is COC(=O)c1oc2cccnc2c1O. The molecule has 0 bridgehead atoms. The number of carbonyl (C=O) groups is 1. The highest BCUT2D eigenvalue weighted by molar-refractivity contribution is 5.96. The number of hydrogen-bond donors (Lipinski definition) is 1. The van der Waals surface area contributed by atoms with Crippen LogP contribution in [0.25, 0.3) is 11.1 Å². The zero-order valence-corrected chi connectivity index (χ0v) is 7.35. The fraction of sp³-hybridized carbons (Fsp3) is 0.111. The Morgan fingerprint density at radius 1 is 1.64 bits per heavy atom. The molecule has 0 aliphatic rings. The lowest BCUT2D eigenvalue weighted by Crippen LogP contribution is -1.98. The summed E-state index contributed by atoms with van der Waals surface area (Å²) in [6, 6.07) is 3.25. The monoisotopic (exact) mass is 193 g/mol. The molecule has 0 aromatic carbocycles. The number of methoxy groups -OCH3 is 1. The summed E-state index contributed by atoms with van der Waals surface area (Å²) < 4.78 is 9.49. The van der Waals surface area contributed by atoms with Crippen LogP contribution in [-0.2, 0) is 4.74 Å². The number of carbonyl (C=O) groups excluding carboxylic acids is 1. The van der Waals surface area contributed by atoms with Gasteiger partial charge >= 0.3 is 5.97 Å². The highest BCUT2D eigenvalue weighted by Gasteiger charge is 2.21. The zero-order chi connectivity index (χ0) is 10.1. The van der Waals surface area contributed by atoms with Gasteiger partial charge in [-0.1, -0.05) is 0 Å². The van der Waals surface area contributed by atoms with Crippen LogP contribution < -0.4 is 0 Å². The lowest BCUT2D eigenvalue weighted by Gasteiger charge is -1.92. The van der Waals surface area contributed by atoms with Crippen LogP contribution in [0.5, 0.6) is 5.75 Å². The van der Waals surface area contributed by atoms with E-state index in [1.807, 2.05) is 0 Å². The van der Waals surface area contributed by atoms with Crippen molar-refractivity contribution in [1.82, 2.24) is 4.98 Å². The number of furan rings is 1. The maximum atomic E-state index is 11.1. The first-order valence-corrected chi connectivity index (χ1v) is 3.89. The van der Waals surface area contributed by atoms with Gasteiger partial charge in [0, 0.05) is 6.20 Å². The molecule has 0 spiro atoms. The molecular formula is C9H7NO4. The lowest BCUT2D eigenvalue weighted by atomic mass is 10.3. The van der Waals surface area contributed by atoms with E-state index >= 15 is 0 Å². The highest BCUT2D eigenvalue weighted by Crippen LogP contribution is 2.30. The molecule has 5 heteroatoms. The average Bonchev–Trinajstić information content (AvgIpc) is 2.56. The Morgan fingerprint density at radius 2 is 2.43 bits per heavy atom. The van der Waals surface area contributed by atoms with Gasteiger partial charge < -0.3 is 14.3 Å². The summed E-state index contributed by atoms with van der Waals surface area (Å²) >= 11 is 0. The molecule has 72 valence electrons. The summed E-state index contributed by atoms with van der Waals surface area (Å²) in [4.78, 5) is 15.0. The molecule has 0 unspecified atom stereocenters. The van der Waals surface area contributed by atoms with Gasteiger partial charge in [0.15, 0.2) is 16.8 Å². The Labute approximate surface area is 78.9 Å². The quantitative estimate of drug-likeness (QED) is 0.691. The van der Waals surface area contributed by atoms with Crippen LogP contribution in [0.2, 0.25) is 0 Å². The molecule has 14 heavy (non-hydrogen) atoms. The lowest BCUT2D eigenvalue weighted by molar-refractivity contribution is 0.0563. The molecule has 1 N–H and O–H groups in total. The molecule has 0 aliphatic heterocycles. The van der Waals surface area contributed by atoms with Crippen molar-refractivity contribution < 1.29 is 19.1 Å². The Morgan fingerprint density at radius 3 is 3.07 bits per heavy atom. The Bertz CT molecular complexity index is 489. The predicted octanol–water partition coefficient (Wildman–Crippen LogP) is 1.32. The van der Waals surface area contributed by atoms with Gasteiger partial charge in [0.1, 0.15) is 0 Å². The van der Waals surface area contributed by atoms with Crippen molar-refractivity contribution in [3.05, 3.63) is 24.1 Å². The van der Waals surface area contributed by atoms with Gasteiger partial charge in [-0.05, 0) is 12.1 Å². The van der Waals surface area contributed by atoms with Crippen LogP contribution in [-0.4, -0.2) is 23.2 Å². The number of esters is 1. The van der Waals surface area contributed by atoms with Crippen LogP contribution in [0.1, 0.15) is 10.6 Å². The highest BCUT2D eigenvalue weighted by atomic mass is 16.5. The summed E-state index contributed by atoms with van der Waals surface area (Å²) in [6.45, 7) is 0. The molecule has 0 fully saturated rings. The zero-order valence-electron chi connectivity index (χ0n) is 7.35. The first kappa shape index (κ1) is 8.55. The number of hydrogen-bond acceptors (Lipinski definition) is 5. The van der Waals surface area contributed by atoms with E-state index in [0.717, 1.165) is 0 Å². The Balaban J connectivity index is 2.68. The van der Waals surface area contributed by atoms with E-state index in [1.54, 1.807) is 12.1 Å². The van der Waals surface area contributed by atoms with E-state index in [0.29, 0.717) is 5.58 Å². The number of nitrogens with zero attached hydrogens (tertiary/aromatic N) is 1. The van der Waals surface area contributed by atoms with Crippen molar-refractivity contribution in [2.24, 2.45) is 0 Å². The third-order valence-corrected chi connectivity index (χ3v) is 1.79. The third kappa shape index (κ3) is 1.10. The van der Waals surface area contributed by atoms with Crippen LogP contribution >= 0.6 is 0 Å². The van der Waals surface area contributed by atoms with Crippen LogP contribution in [0, 0.1) is 0 Å². The molecule has 0 radical (unpaired) electrons. The second-order valence-electron chi connectivity index (χ2n) is 2.62. The van der Waals surface area contributed by atoms with Crippen LogP contribution in [0.4, 0.5) is 0 Å². The summed E-state index contributed by atoms with van der Waals surface area (Å²) in [6.07, 6.45) is 1.50. The van der Waals surface area contributed by atoms with Crippen molar-refractivity contribution in [2.45, 2.75) is 0 Å². The maximum Gasteiger partial charge on any atom is 0.378 e. The average molecular weight is 193 g/mol. The number of rotatable bonds is 1. The van der Waals surface area contributed by atoms with Crippen LogP contribution in [0.3, 0.4) is 0 Å². The largest absolute Gasteiger partial charge is 0.502 e. The second kappa shape index (κ2) is 3.02. The predicted molar refractivity (Wildman–Crippen MR) is 47.0 cm³/mol. The molecule has 2 aromatic heterocycles. The first-order valence-electron chi connectivity index (χ1n) is 3.89. The number of aromatic hydroxyl groups is 1. The number of ether oxygens (including phenoxy) is 1. The van der Waals surface area contributed by atoms with Crippen molar-refractivity contribution >= 4 is 17.1 Å². The van der Waals surface area contributed by atoms with Crippen molar-refractivity contribution in [3.63, 3.8) is 0 Å². The van der Waals surface area contributed by atoms with Crippen molar-refractivity contribution in [3.8, 4) is 5.75 Å².